The van der Waals surface area contributed by atoms with Gasteiger partial charge in [-0.25, -0.2) is 0 Å². The highest BCUT2D eigenvalue weighted by Gasteiger charge is 2.62. The van der Waals surface area contributed by atoms with Crippen molar-refractivity contribution < 1.29 is 4.42 Å². The van der Waals surface area contributed by atoms with Gasteiger partial charge in [0, 0.05) is 21.8 Å². The van der Waals surface area contributed by atoms with Gasteiger partial charge >= 0.3 is 0 Å². The average molecular weight is 411 g/mol. The topological polar surface area (TPSA) is 13.1 Å². The standard InChI is InChI=1S/C28H23ClO/c29-24-7-3-5-21-22-9-8-20-19-4-1-2-6-23(19)28(25(20)27(22)30-26(21)24)17-11-15-10-16(13-17)14-18(28)12-15/h1-9,15-18H,10-14H2. The maximum absolute atomic E-state index is 6.66. The molecule has 3 aromatic carbocycles. The molecule has 0 N–H and O–H groups in total. The summed E-state index contributed by atoms with van der Waals surface area (Å²) < 4.78 is 6.66. The number of halogens is 1. The molecule has 5 aliphatic carbocycles. The minimum atomic E-state index is 0.124. The van der Waals surface area contributed by atoms with Crippen LogP contribution in [0.25, 0.3) is 33.1 Å². The largest absolute Gasteiger partial charge is 0.454 e. The number of rotatable bonds is 0. The predicted molar refractivity (Wildman–Crippen MR) is 122 cm³/mol. The molecule has 0 atom stereocenters. The van der Waals surface area contributed by atoms with Crippen LogP contribution in [0.2, 0.25) is 5.02 Å². The molecule has 0 radical (unpaired) electrons. The van der Waals surface area contributed by atoms with E-state index in [-0.39, 0.29) is 5.41 Å². The zero-order valence-electron chi connectivity index (χ0n) is 16.8. The second-order valence-corrected chi connectivity index (χ2v) is 10.7. The highest BCUT2D eigenvalue weighted by Crippen LogP contribution is 2.70. The van der Waals surface area contributed by atoms with Crippen LogP contribution in [0.3, 0.4) is 0 Å². The van der Waals surface area contributed by atoms with E-state index in [9.17, 15) is 0 Å². The molecule has 4 fully saturated rings. The second-order valence-electron chi connectivity index (χ2n) is 10.3. The van der Waals surface area contributed by atoms with E-state index < -0.39 is 0 Å². The number of para-hydroxylation sites is 1. The van der Waals surface area contributed by atoms with Crippen molar-refractivity contribution in [1.82, 2.24) is 0 Å². The van der Waals surface area contributed by atoms with Gasteiger partial charge in [0.05, 0.1) is 5.02 Å². The van der Waals surface area contributed by atoms with Crippen molar-refractivity contribution in [3.8, 4) is 11.1 Å². The molecule has 0 unspecified atom stereocenters. The number of hydrogen-bond acceptors (Lipinski definition) is 1. The average Bonchev–Trinajstić information content (AvgIpc) is 3.27. The Kier molecular flexibility index (Phi) is 2.92. The first-order chi connectivity index (χ1) is 14.7. The van der Waals surface area contributed by atoms with Crippen molar-refractivity contribution in [2.24, 2.45) is 23.7 Å². The summed E-state index contributed by atoms with van der Waals surface area (Å²) in [4.78, 5) is 0. The molecule has 4 aromatic rings. The van der Waals surface area contributed by atoms with Crippen LogP contribution in [0.15, 0.2) is 59.0 Å². The summed E-state index contributed by atoms with van der Waals surface area (Å²) in [5, 5.41) is 3.09. The monoisotopic (exact) mass is 410 g/mol. The maximum atomic E-state index is 6.66. The third-order valence-corrected chi connectivity index (χ3v) is 9.42. The normalized spacial score (nSPS) is 33.0. The first-order valence-corrected chi connectivity index (χ1v) is 11.9. The van der Waals surface area contributed by atoms with E-state index in [2.05, 4.69) is 42.5 Å². The van der Waals surface area contributed by atoms with Gasteiger partial charge in [-0.1, -0.05) is 54.1 Å². The fourth-order valence-corrected chi connectivity index (χ4v) is 8.66. The van der Waals surface area contributed by atoms with E-state index in [1.807, 2.05) is 12.1 Å². The summed E-state index contributed by atoms with van der Waals surface area (Å²) in [5.74, 6) is 3.37. The Morgan fingerprint density at radius 2 is 1.43 bits per heavy atom. The van der Waals surface area contributed by atoms with Gasteiger partial charge in [-0.05, 0) is 84.6 Å². The smallest absolute Gasteiger partial charge is 0.154 e. The Morgan fingerprint density at radius 3 is 2.23 bits per heavy atom. The zero-order valence-corrected chi connectivity index (χ0v) is 17.6. The van der Waals surface area contributed by atoms with E-state index in [0.29, 0.717) is 5.02 Å². The third-order valence-electron chi connectivity index (χ3n) is 9.12. The van der Waals surface area contributed by atoms with Crippen LogP contribution in [0.1, 0.15) is 43.2 Å². The summed E-state index contributed by atoms with van der Waals surface area (Å²) >= 11 is 6.57. The molecule has 0 saturated heterocycles. The molecule has 0 amide bonds. The Hall–Kier alpha value is -2.25. The molecule has 4 bridgehead atoms. The molecular formula is C28H23ClO. The minimum Gasteiger partial charge on any atom is -0.454 e. The van der Waals surface area contributed by atoms with E-state index in [1.54, 1.807) is 5.56 Å². The summed E-state index contributed by atoms with van der Waals surface area (Å²) in [5.41, 5.74) is 7.97. The zero-order chi connectivity index (χ0) is 19.6. The summed E-state index contributed by atoms with van der Waals surface area (Å²) in [6, 6.07) is 20.0. The summed E-state index contributed by atoms with van der Waals surface area (Å²) in [6.45, 7) is 0. The molecule has 30 heavy (non-hydrogen) atoms. The minimum absolute atomic E-state index is 0.124. The van der Waals surface area contributed by atoms with Crippen LogP contribution in [0.4, 0.5) is 0 Å². The summed E-state index contributed by atoms with van der Waals surface area (Å²) in [7, 11) is 0. The molecule has 5 aliphatic rings. The molecule has 148 valence electrons. The molecule has 4 saturated carbocycles. The fraction of sp³-hybridized carbons (Fsp3) is 0.357. The highest BCUT2D eigenvalue weighted by molar-refractivity contribution is 6.35. The van der Waals surface area contributed by atoms with Crippen molar-refractivity contribution in [2.45, 2.75) is 37.5 Å². The number of fused-ring (bicyclic) bond motifs is 7. The van der Waals surface area contributed by atoms with Crippen molar-refractivity contribution in [3.05, 3.63) is 70.7 Å². The van der Waals surface area contributed by atoms with Gasteiger partial charge in [0.15, 0.2) is 5.58 Å². The molecule has 9 rings (SSSR count). The summed E-state index contributed by atoms with van der Waals surface area (Å²) in [6.07, 6.45) is 7.02. The Morgan fingerprint density at radius 1 is 0.700 bits per heavy atom. The Labute approximate surface area is 181 Å². The van der Waals surface area contributed by atoms with Crippen LogP contribution in [-0.2, 0) is 5.41 Å². The van der Waals surface area contributed by atoms with Crippen molar-refractivity contribution in [2.75, 3.05) is 0 Å². The molecule has 0 aliphatic heterocycles. The molecule has 1 aromatic heterocycles. The molecule has 1 nitrogen and oxygen atoms in total. The quantitative estimate of drug-likeness (QED) is 0.286. The van der Waals surface area contributed by atoms with Crippen LogP contribution in [-0.4, -0.2) is 0 Å². The molecule has 2 heteroatoms. The lowest BCUT2D eigenvalue weighted by atomic mass is 9.43. The highest BCUT2D eigenvalue weighted by atomic mass is 35.5. The lowest BCUT2D eigenvalue weighted by Crippen LogP contribution is -2.55. The lowest BCUT2D eigenvalue weighted by molar-refractivity contribution is -0.0396. The Balaban J connectivity index is 1.54. The van der Waals surface area contributed by atoms with Gasteiger partial charge in [-0.3, -0.25) is 0 Å². The number of benzene rings is 3. The van der Waals surface area contributed by atoms with Crippen LogP contribution in [0, 0.1) is 23.7 Å². The van der Waals surface area contributed by atoms with E-state index >= 15 is 0 Å². The first-order valence-electron chi connectivity index (χ1n) is 11.5. The third kappa shape index (κ3) is 1.72. The first kappa shape index (κ1) is 16.4. The number of hydrogen-bond donors (Lipinski definition) is 0. The van der Waals surface area contributed by atoms with Crippen molar-refractivity contribution in [1.29, 1.82) is 0 Å². The molecule has 1 spiro atoms. The van der Waals surface area contributed by atoms with Gasteiger partial charge in [-0.2, -0.15) is 0 Å². The molecular weight excluding hydrogens is 388 g/mol. The van der Waals surface area contributed by atoms with Gasteiger partial charge in [0.25, 0.3) is 0 Å². The van der Waals surface area contributed by atoms with Gasteiger partial charge in [0.2, 0.25) is 0 Å². The van der Waals surface area contributed by atoms with Gasteiger partial charge in [-0.15, -0.1) is 0 Å². The fourth-order valence-electron chi connectivity index (χ4n) is 8.45. The SMILES string of the molecule is Clc1cccc2c1oc1c3c(ccc12)-c1ccccc1C31C2CC3CC(C2)CC1C3. The van der Waals surface area contributed by atoms with E-state index in [1.165, 1.54) is 54.2 Å². The maximum Gasteiger partial charge on any atom is 0.154 e. The Bertz CT molecular complexity index is 1350. The predicted octanol–water partition coefficient (Wildman–Crippen LogP) is 7.96. The van der Waals surface area contributed by atoms with Crippen molar-refractivity contribution in [3.63, 3.8) is 0 Å². The second kappa shape index (κ2) is 5.32. The van der Waals surface area contributed by atoms with E-state index in [4.69, 9.17) is 16.0 Å². The lowest BCUT2D eigenvalue weighted by Gasteiger charge is -2.61. The van der Waals surface area contributed by atoms with Crippen molar-refractivity contribution >= 4 is 33.5 Å². The van der Waals surface area contributed by atoms with Gasteiger partial charge < -0.3 is 4.42 Å². The van der Waals surface area contributed by atoms with Gasteiger partial charge in [0.1, 0.15) is 5.58 Å². The number of furan rings is 1. The molecule has 1 heterocycles. The van der Waals surface area contributed by atoms with E-state index in [0.717, 1.165) is 40.2 Å². The van der Waals surface area contributed by atoms with Crippen LogP contribution >= 0.6 is 11.6 Å². The van der Waals surface area contributed by atoms with Crippen LogP contribution < -0.4 is 0 Å². The van der Waals surface area contributed by atoms with Crippen LogP contribution in [0.5, 0.6) is 0 Å².